The van der Waals surface area contributed by atoms with E-state index < -0.39 is 0 Å². The maximum Gasteiger partial charge on any atom is 0.119 e. The van der Waals surface area contributed by atoms with Gasteiger partial charge in [0.1, 0.15) is 5.75 Å². The first-order valence-corrected chi connectivity index (χ1v) is 10.5. The highest BCUT2D eigenvalue weighted by atomic mass is 16.5. The van der Waals surface area contributed by atoms with E-state index in [-0.39, 0.29) is 0 Å². The molecule has 2 heteroatoms. The van der Waals surface area contributed by atoms with Crippen molar-refractivity contribution in [3.05, 3.63) is 72.8 Å². The average Bonchev–Trinajstić information content (AvgIpc) is 3.09. The van der Waals surface area contributed by atoms with Gasteiger partial charge in [-0.15, -0.1) is 0 Å². The number of nitrogens with zero attached hydrogens (tertiary/aromatic N) is 1. The predicted octanol–water partition coefficient (Wildman–Crippen LogP) is 7.38. The van der Waals surface area contributed by atoms with E-state index in [1.54, 1.807) is 0 Å². The summed E-state index contributed by atoms with van der Waals surface area (Å²) in [6, 6.07) is 25.8. The quantitative estimate of drug-likeness (QED) is 0.315. The molecule has 0 bridgehead atoms. The Morgan fingerprint density at radius 3 is 1.96 bits per heavy atom. The summed E-state index contributed by atoms with van der Waals surface area (Å²) < 4.78 is 8.43. The van der Waals surface area contributed by atoms with Crippen LogP contribution in [0, 0.1) is 5.92 Å². The van der Waals surface area contributed by atoms with Gasteiger partial charge in [0.25, 0.3) is 0 Å². The molecule has 1 atom stereocenters. The Labute approximate surface area is 167 Å². The lowest BCUT2D eigenvalue weighted by molar-refractivity contribution is 0.233. The van der Waals surface area contributed by atoms with Crippen LogP contribution in [0.2, 0.25) is 0 Å². The highest BCUT2D eigenvalue weighted by Crippen LogP contribution is 2.32. The van der Waals surface area contributed by atoms with Gasteiger partial charge in [0.2, 0.25) is 0 Å². The van der Waals surface area contributed by atoms with Crippen LogP contribution in [0.5, 0.6) is 5.75 Å². The van der Waals surface area contributed by atoms with Gasteiger partial charge in [0.15, 0.2) is 0 Å². The Morgan fingerprint density at radius 2 is 1.39 bits per heavy atom. The summed E-state index contributed by atoms with van der Waals surface area (Å²) in [5.74, 6) is 1.61. The van der Waals surface area contributed by atoms with Gasteiger partial charge in [-0.1, -0.05) is 69.5 Å². The lowest BCUT2D eigenvalue weighted by Crippen LogP contribution is -2.11. The van der Waals surface area contributed by atoms with Gasteiger partial charge < -0.3 is 9.30 Å². The molecule has 0 radical (unpaired) electrons. The number of hydrogen-bond donors (Lipinski definition) is 0. The Morgan fingerprint density at radius 1 is 0.786 bits per heavy atom. The van der Waals surface area contributed by atoms with E-state index in [0.29, 0.717) is 5.92 Å². The molecule has 144 valence electrons. The van der Waals surface area contributed by atoms with Crippen LogP contribution in [0.4, 0.5) is 0 Å². The van der Waals surface area contributed by atoms with Crippen molar-refractivity contribution in [1.29, 1.82) is 0 Å². The fraction of sp³-hybridized carbons (Fsp3) is 0.308. The van der Waals surface area contributed by atoms with Gasteiger partial charge in [-0.25, -0.2) is 0 Å². The molecule has 0 saturated heterocycles. The van der Waals surface area contributed by atoms with E-state index in [0.717, 1.165) is 12.4 Å². The first kappa shape index (κ1) is 18.6. The minimum absolute atomic E-state index is 0.650. The number of benzene rings is 3. The maximum atomic E-state index is 6.09. The van der Waals surface area contributed by atoms with Crippen LogP contribution in [-0.2, 0) is 0 Å². The van der Waals surface area contributed by atoms with Gasteiger partial charge in [-0.05, 0) is 48.7 Å². The third-order valence-corrected chi connectivity index (χ3v) is 5.70. The zero-order valence-corrected chi connectivity index (χ0v) is 16.9. The Hall–Kier alpha value is -2.74. The molecule has 1 unspecified atom stereocenters. The molecule has 1 aromatic heterocycles. The van der Waals surface area contributed by atoms with Gasteiger partial charge in [0, 0.05) is 16.5 Å². The number of fused-ring (bicyclic) bond motifs is 3. The van der Waals surface area contributed by atoms with E-state index in [1.807, 2.05) is 0 Å². The standard InChI is InChI=1S/C26H29NO/c1-3-5-10-20(4-2)19-28-22-17-15-21(16-18-22)27-25-13-8-6-11-23(25)24-12-7-9-14-26(24)27/h6-9,11-18,20H,3-5,10,19H2,1-2H3. The second kappa shape index (κ2) is 8.52. The van der Waals surface area contributed by atoms with Crippen LogP contribution in [0.3, 0.4) is 0 Å². The molecule has 0 aliphatic rings. The average molecular weight is 372 g/mol. The van der Waals surface area contributed by atoms with Gasteiger partial charge >= 0.3 is 0 Å². The summed E-state index contributed by atoms with van der Waals surface area (Å²) in [5.41, 5.74) is 3.65. The van der Waals surface area contributed by atoms with Crippen LogP contribution in [0.1, 0.15) is 39.5 Å². The van der Waals surface area contributed by atoms with Crippen molar-refractivity contribution in [1.82, 2.24) is 4.57 Å². The minimum Gasteiger partial charge on any atom is -0.493 e. The molecule has 28 heavy (non-hydrogen) atoms. The van der Waals surface area contributed by atoms with Crippen molar-refractivity contribution < 1.29 is 4.74 Å². The summed E-state index contributed by atoms with van der Waals surface area (Å²) in [4.78, 5) is 0. The minimum atomic E-state index is 0.650. The first-order chi connectivity index (χ1) is 13.8. The number of rotatable bonds is 8. The summed E-state index contributed by atoms with van der Waals surface area (Å²) in [6.45, 7) is 5.32. The SMILES string of the molecule is CCCCC(CC)COc1ccc(-n2c3ccccc3c3ccccc32)cc1. The molecule has 0 fully saturated rings. The lowest BCUT2D eigenvalue weighted by atomic mass is 10.0. The summed E-state index contributed by atoms with van der Waals surface area (Å²) in [7, 11) is 0. The second-order valence-corrected chi connectivity index (χ2v) is 7.59. The molecule has 4 rings (SSSR count). The molecule has 0 amide bonds. The molecule has 0 N–H and O–H groups in total. The normalized spacial score (nSPS) is 12.5. The zero-order chi connectivity index (χ0) is 19.3. The third kappa shape index (κ3) is 3.64. The Bertz CT molecular complexity index is 992. The number of unbranched alkanes of at least 4 members (excludes halogenated alkanes) is 1. The van der Waals surface area contributed by atoms with Crippen molar-refractivity contribution in [2.75, 3.05) is 6.61 Å². The van der Waals surface area contributed by atoms with Gasteiger partial charge in [0.05, 0.1) is 17.6 Å². The van der Waals surface area contributed by atoms with E-state index in [1.165, 1.54) is 53.2 Å². The molecular weight excluding hydrogens is 342 g/mol. The molecule has 1 heterocycles. The molecule has 2 nitrogen and oxygen atoms in total. The molecule has 3 aromatic carbocycles. The highest BCUT2D eigenvalue weighted by Gasteiger charge is 2.11. The van der Waals surface area contributed by atoms with Crippen molar-refractivity contribution >= 4 is 21.8 Å². The van der Waals surface area contributed by atoms with E-state index in [9.17, 15) is 0 Å². The van der Waals surface area contributed by atoms with Crippen LogP contribution < -0.4 is 4.74 Å². The number of para-hydroxylation sites is 2. The van der Waals surface area contributed by atoms with Gasteiger partial charge in [-0.2, -0.15) is 0 Å². The fourth-order valence-corrected chi connectivity index (χ4v) is 4.00. The van der Waals surface area contributed by atoms with E-state index >= 15 is 0 Å². The predicted molar refractivity (Wildman–Crippen MR) is 120 cm³/mol. The van der Waals surface area contributed by atoms with E-state index in [4.69, 9.17) is 4.74 Å². The number of hydrogen-bond acceptors (Lipinski definition) is 1. The smallest absolute Gasteiger partial charge is 0.119 e. The molecule has 0 aliphatic heterocycles. The molecule has 0 spiro atoms. The number of aromatic nitrogens is 1. The van der Waals surface area contributed by atoms with Crippen molar-refractivity contribution in [3.63, 3.8) is 0 Å². The summed E-state index contributed by atoms with van der Waals surface area (Å²) in [6.07, 6.45) is 4.98. The van der Waals surface area contributed by atoms with Crippen molar-refractivity contribution in [3.8, 4) is 11.4 Å². The number of ether oxygens (including phenoxy) is 1. The van der Waals surface area contributed by atoms with Crippen LogP contribution >= 0.6 is 0 Å². The lowest BCUT2D eigenvalue weighted by Gasteiger charge is -2.16. The maximum absolute atomic E-state index is 6.09. The van der Waals surface area contributed by atoms with Crippen molar-refractivity contribution in [2.45, 2.75) is 39.5 Å². The summed E-state index contributed by atoms with van der Waals surface area (Å²) >= 11 is 0. The van der Waals surface area contributed by atoms with Crippen LogP contribution in [0.15, 0.2) is 72.8 Å². The topological polar surface area (TPSA) is 14.2 Å². The molecule has 4 aromatic rings. The Kier molecular flexibility index (Phi) is 5.66. The van der Waals surface area contributed by atoms with Crippen LogP contribution in [-0.4, -0.2) is 11.2 Å². The summed E-state index contributed by atoms with van der Waals surface area (Å²) in [5, 5.41) is 2.58. The highest BCUT2D eigenvalue weighted by molar-refractivity contribution is 6.09. The molecule has 0 saturated carbocycles. The first-order valence-electron chi connectivity index (χ1n) is 10.5. The van der Waals surface area contributed by atoms with Crippen LogP contribution in [0.25, 0.3) is 27.5 Å². The fourth-order valence-electron chi connectivity index (χ4n) is 4.00. The van der Waals surface area contributed by atoms with Gasteiger partial charge in [-0.3, -0.25) is 0 Å². The molecular formula is C26H29NO. The second-order valence-electron chi connectivity index (χ2n) is 7.59. The zero-order valence-electron chi connectivity index (χ0n) is 16.9. The monoisotopic (exact) mass is 371 g/mol. The largest absolute Gasteiger partial charge is 0.493 e. The van der Waals surface area contributed by atoms with Crippen molar-refractivity contribution in [2.24, 2.45) is 5.92 Å². The Balaban J connectivity index is 1.61. The third-order valence-electron chi connectivity index (χ3n) is 5.70. The molecule has 0 aliphatic carbocycles. The van der Waals surface area contributed by atoms with E-state index in [2.05, 4.69) is 91.2 Å².